The molecule has 0 saturated heterocycles. The van der Waals surface area contributed by atoms with Crippen LogP contribution in [-0.4, -0.2) is 6.10 Å². The fraction of sp³-hybridized carbons (Fsp3) is 0.400. The van der Waals surface area contributed by atoms with Gasteiger partial charge >= 0.3 is 0 Å². The van der Waals surface area contributed by atoms with Gasteiger partial charge in [0.1, 0.15) is 5.75 Å². The van der Waals surface area contributed by atoms with Gasteiger partial charge in [0.2, 0.25) is 0 Å². The van der Waals surface area contributed by atoms with Crippen molar-refractivity contribution in [3.05, 3.63) is 59.7 Å². The van der Waals surface area contributed by atoms with E-state index >= 15 is 0 Å². The fourth-order valence-electron chi connectivity index (χ4n) is 2.99. The minimum atomic E-state index is 0.421. The number of nitrogens with one attached hydrogen (secondary N) is 1. The molecule has 22 heavy (non-hydrogen) atoms. The third-order valence-electron chi connectivity index (χ3n) is 4.36. The lowest BCUT2D eigenvalue weighted by Crippen LogP contribution is -2.11. The van der Waals surface area contributed by atoms with Crippen LogP contribution in [0.15, 0.2) is 48.5 Å². The second-order valence-corrected chi connectivity index (χ2v) is 6.08. The smallest absolute Gasteiger partial charge is 0.120 e. The molecule has 2 aromatic rings. The highest BCUT2D eigenvalue weighted by atomic mass is 16.5. The van der Waals surface area contributed by atoms with Crippen LogP contribution in [0.5, 0.6) is 5.75 Å². The quantitative estimate of drug-likeness (QED) is 0.792. The SMILES string of the molecule is CCc1ccc(NCc2cccc(OC3CCCC3)c2)cc1. The predicted molar refractivity (Wildman–Crippen MR) is 92.5 cm³/mol. The van der Waals surface area contributed by atoms with Gasteiger partial charge in [0.05, 0.1) is 6.10 Å². The highest BCUT2D eigenvalue weighted by Gasteiger charge is 2.16. The summed E-state index contributed by atoms with van der Waals surface area (Å²) in [5.74, 6) is 1.01. The van der Waals surface area contributed by atoms with Gasteiger partial charge in [-0.1, -0.05) is 31.2 Å². The zero-order chi connectivity index (χ0) is 15.2. The monoisotopic (exact) mass is 295 g/mol. The number of ether oxygens (including phenoxy) is 1. The van der Waals surface area contributed by atoms with Crippen LogP contribution in [-0.2, 0) is 13.0 Å². The molecule has 0 spiro atoms. The van der Waals surface area contributed by atoms with Crippen LogP contribution in [0.1, 0.15) is 43.7 Å². The molecule has 0 aromatic heterocycles. The molecule has 1 N–H and O–H groups in total. The van der Waals surface area contributed by atoms with Crippen molar-refractivity contribution in [1.29, 1.82) is 0 Å². The molecule has 1 aliphatic rings. The predicted octanol–water partition coefficient (Wildman–Crippen LogP) is 5.18. The van der Waals surface area contributed by atoms with E-state index in [1.165, 1.54) is 42.5 Å². The van der Waals surface area contributed by atoms with Gasteiger partial charge in [-0.15, -0.1) is 0 Å². The Bertz CT molecular complexity index is 585. The molecule has 0 amide bonds. The van der Waals surface area contributed by atoms with E-state index in [0.29, 0.717) is 6.10 Å². The van der Waals surface area contributed by atoms with Crippen molar-refractivity contribution < 1.29 is 4.74 Å². The highest BCUT2D eigenvalue weighted by molar-refractivity contribution is 5.45. The summed E-state index contributed by atoms with van der Waals surface area (Å²) in [6, 6.07) is 17.1. The van der Waals surface area contributed by atoms with Crippen LogP contribution in [0.3, 0.4) is 0 Å². The summed E-state index contributed by atoms with van der Waals surface area (Å²) in [5.41, 5.74) is 3.80. The zero-order valence-electron chi connectivity index (χ0n) is 13.3. The molecule has 1 saturated carbocycles. The molecule has 1 aliphatic carbocycles. The first-order chi connectivity index (χ1) is 10.8. The summed E-state index contributed by atoms with van der Waals surface area (Å²) in [4.78, 5) is 0. The average molecular weight is 295 g/mol. The lowest BCUT2D eigenvalue weighted by atomic mass is 10.1. The molecule has 3 rings (SSSR count). The Kier molecular flexibility index (Phi) is 4.99. The van der Waals surface area contributed by atoms with Crippen molar-refractivity contribution in [2.45, 2.75) is 51.7 Å². The summed E-state index contributed by atoms with van der Waals surface area (Å²) >= 11 is 0. The second kappa shape index (κ2) is 7.35. The standard InChI is InChI=1S/C20H25NO/c1-2-16-10-12-18(13-11-16)21-15-17-6-5-9-20(14-17)22-19-7-3-4-8-19/h5-6,9-14,19,21H,2-4,7-8,15H2,1H3. The summed E-state index contributed by atoms with van der Waals surface area (Å²) in [6.45, 7) is 3.01. The number of benzene rings is 2. The largest absolute Gasteiger partial charge is 0.490 e. The van der Waals surface area contributed by atoms with Crippen molar-refractivity contribution in [3.8, 4) is 5.75 Å². The zero-order valence-corrected chi connectivity index (χ0v) is 13.3. The maximum atomic E-state index is 6.07. The first-order valence-electron chi connectivity index (χ1n) is 8.42. The van der Waals surface area contributed by atoms with Crippen molar-refractivity contribution in [2.24, 2.45) is 0 Å². The Labute approximate surface area is 133 Å². The number of rotatable bonds is 6. The van der Waals surface area contributed by atoms with Gasteiger partial charge in [-0.3, -0.25) is 0 Å². The van der Waals surface area contributed by atoms with E-state index in [2.05, 4.69) is 60.8 Å². The first-order valence-corrected chi connectivity index (χ1v) is 8.42. The van der Waals surface area contributed by atoms with Crippen LogP contribution in [0.4, 0.5) is 5.69 Å². The lowest BCUT2D eigenvalue weighted by molar-refractivity contribution is 0.210. The van der Waals surface area contributed by atoms with Crippen LogP contribution in [0.25, 0.3) is 0 Å². The molecule has 2 nitrogen and oxygen atoms in total. The maximum absolute atomic E-state index is 6.07. The van der Waals surface area contributed by atoms with Crippen LogP contribution in [0, 0.1) is 0 Å². The normalized spacial score (nSPS) is 15.0. The van der Waals surface area contributed by atoms with Crippen LogP contribution >= 0.6 is 0 Å². The van der Waals surface area contributed by atoms with Crippen molar-refractivity contribution in [3.63, 3.8) is 0 Å². The Morgan fingerprint density at radius 2 is 1.77 bits per heavy atom. The Morgan fingerprint density at radius 1 is 1.00 bits per heavy atom. The van der Waals surface area contributed by atoms with Crippen molar-refractivity contribution in [1.82, 2.24) is 0 Å². The maximum Gasteiger partial charge on any atom is 0.120 e. The molecule has 0 radical (unpaired) electrons. The third-order valence-corrected chi connectivity index (χ3v) is 4.36. The number of hydrogen-bond donors (Lipinski definition) is 1. The molecular weight excluding hydrogens is 270 g/mol. The number of anilines is 1. The lowest BCUT2D eigenvalue weighted by Gasteiger charge is -2.14. The van der Waals surface area contributed by atoms with E-state index in [0.717, 1.165) is 18.7 Å². The molecule has 2 heteroatoms. The molecule has 0 aliphatic heterocycles. The van der Waals surface area contributed by atoms with E-state index in [4.69, 9.17) is 4.74 Å². The molecule has 2 aromatic carbocycles. The average Bonchev–Trinajstić information content (AvgIpc) is 3.07. The summed E-state index contributed by atoms with van der Waals surface area (Å²) in [6.07, 6.45) is 6.52. The van der Waals surface area contributed by atoms with Gasteiger partial charge in [-0.25, -0.2) is 0 Å². The van der Waals surface area contributed by atoms with Gasteiger partial charge in [-0.2, -0.15) is 0 Å². The second-order valence-electron chi connectivity index (χ2n) is 6.08. The third kappa shape index (κ3) is 4.03. The van der Waals surface area contributed by atoms with E-state index in [-0.39, 0.29) is 0 Å². The highest BCUT2D eigenvalue weighted by Crippen LogP contribution is 2.24. The van der Waals surface area contributed by atoms with Gasteiger partial charge in [0.15, 0.2) is 0 Å². The van der Waals surface area contributed by atoms with Crippen molar-refractivity contribution in [2.75, 3.05) is 5.32 Å². The fourth-order valence-corrected chi connectivity index (χ4v) is 2.99. The molecule has 1 fully saturated rings. The molecule has 0 bridgehead atoms. The Hall–Kier alpha value is -1.96. The molecule has 0 atom stereocenters. The van der Waals surface area contributed by atoms with Crippen LogP contribution < -0.4 is 10.1 Å². The van der Waals surface area contributed by atoms with Crippen LogP contribution in [0.2, 0.25) is 0 Å². The molecule has 0 heterocycles. The minimum Gasteiger partial charge on any atom is -0.490 e. The van der Waals surface area contributed by atoms with E-state index in [1.807, 2.05) is 0 Å². The molecular formula is C20H25NO. The first kappa shape index (κ1) is 15.0. The van der Waals surface area contributed by atoms with E-state index in [1.54, 1.807) is 0 Å². The van der Waals surface area contributed by atoms with Gasteiger partial charge in [0, 0.05) is 12.2 Å². The Balaban J connectivity index is 1.57. The summed E-state index contributed by atoms with van der Waals surface area (Å²) in [5, 5.41) is 3.48. The number of aryl methyl sites for hydroxylation is 1. The number of hydrogen-bond acceptors (Lipinski definition) is 2. The summed E-state index contributed by atoms with van der Waals surface area (Å²) in [7, 11) is 0. The minimum absolute atomic E-state index is 0.421. The van der Waals surface area contributed by atoms with Gasteiger partial charge < -0.3 is 10.1 Å². The summed E-state index contributed by atoms with van der Waals surface area (Å²) < 4.78 is 6.07. The van der Waals surface area contributed by atoms with Crippen molar-refractivity contribution >= 4 is 5.69 Å². The topological polar surface area (TPSA) is 21.3 Å². The van der Waals surface area contributed by atoms with Gasteiger partial charge in [-0.05, 0) is 67.5 Å². The van der Waals surface area contributed by atoms with E-state index < -0.39 is 0 Å². The van der Waals surface area contributed by atoms with E-state index in [9.17, 15) is 0 Å². The van der Waals surface area contributed by atoms with Gasteiger partial charge in [0.25, 0.3) is 0 Å². The molecule has 0 unspecified atom stereocenters. The molecule has 116 valence electrons. The Morgan fingerprint density at radius 3 is 2.50 bits per heavy atom.